The summed E-state index contributed by atoms with van der Waals surface area (Å²) in [4.78, 5) is 14.9. The molecular formula is C18H19NO3. The molecule has 2 unspecified atom stereocenters. The molecular weight excluding hydrogens is 278 g/mol. The van der Waals surface area contributed by atoms with Gasteiger partial charge in [0.2, 0.25) is 5.78 Å². The zero-order valence-corrected chi connectivity index (χ0v) is 12.1. The summed E-state index contributed by atoms with van der Waals surface area (Å²) in [5, 5.41) is 20.1. The van der Waals surface area contributed by atoms with Crippen LogP contribution in [0.15, 0.2) is 79.2 Å². The fourth-order valence-corrected chi connectivity index (χ4v) is 2.09. The van der Waals surface area contributed by atoms with Crippen molar-refractivity contribution in [3.63, 3.8) is 0 Å². The van der Waals surface area contributed by atoms with Crippen LogP contribution in [0.3, 0.4) is 0 Å². The van der Waals surface area contributed by atoms with Crippen LogP contribution in [0.2, 0.25) is 0 Å². The number of hydrogen-bond acceptors (Lipinski definition) is 3. The van der Waals surface area contributed by atoms with Gasteiger partial charge in [0.1, 0.15) is 11.7 Å². The Morgan fingerprint density at radius 3 is 2.27 bits per heavy atom. The zero-order chi connectivity index (χ0) is 15.8. The molecule has 1 aliphatic carbocycles. The summed E-state index contributed by atoms with van der Waals surface area (Å²) >= 11 is 0. The van der Waals surface area contributed by atoms with E-state index in [9.17, 15) is 15.0 Å². The van der Waals surface area contributed by atoms with Crippen molar-refractivity contribution < 1.29 is 15.0 Å². The number of nitrogens with one attached hydrogen (secondary N) is 1. The van der Waals surface area contributed by atoms with Gasteiger partial charge in [-0.15, -0.1) is 0 Å². The lowest BCUT2D eigenvalue weighted by atomic mass is 9.86. The Morgan fingerprint density at radius 1 is 1.09 bits per heavy atom. The smallest absolute Gasteiger partial charge is 0.201 e. The van der Waals surface area contributed by atoms with Crippen molar-refractivity contribution >= 4 is 5.78 Å². The quantitative estimate of drug-likeness (QED) is 0.815. The van der Waals surface area contributed by atoms with Gasteiger partial charge in [0, 0.05) is 18.8 Å². The van der Waals surface area contributed by atoms with E-state index in [0.717, 1.165) is 0 Å². The first-order chi connectivity index (χ1) is 10.6. The maximum atomic E-state index is 12.0. The lowest BCUT2D eigenvalue weighted by Crippen LogP contribution is -2.40. The number of aromatic nitrogens is 1. The molecule has 4 nitrogen and oxygen atoms in total. The first-order valence-electron chi connectivity index (χ1n) is 7.05. The summed E-state index contributed by atoms with van der Waals surface area (Å²) in [5.74, 6) is -0.593. The molecule has 1 heterocycles. The van der Waals surface area contributed by atoms with Crippen LogP contribution in [0.5, 0.6) is 0 Å². The van der Waals surface area contributed by atoms with E-state index >= 15 is 0 Å². The molecule has 0 bridgehead atoms. The minimum absolute atomic E-state index is 0.201. The van der Waals surface area contributed by atoms with Crippen molar-refractivity contribution in [3.05, 3.63) is 84.7 Å². The molecule has 0 spiro atoms. The second-order valence-corrected chi connectivity index (χ2v) is 4.98. The van der Waals surface area contributed by atoms with E-state index in [-0.39, 0.29) is 6.42 Å². The van der Waals surface area contributed by atoms with Crippen molar-refractivity contribution in [3.8, 4) is 0 Å². The molecule has 3 N–H and O–H groups in total. The van der Waals surface area contributed by atoms with Crippen molar-refractivity contribution in [2.45, 2.75) is 18.1 Å². The van der Waals surface area contributed by atoms with Crippen LogP contribution in [0.25, 0.3) is 0 Å². The Bertz CT molecular complexity index is 614. The van der Waals surface area contributed by atoms with Gasteiger partial charge in [0.05, 0.1) is 0 Å². The molecule has 1 aliphatic rings. The summed E-state index contributed by atoms with van der Waals surface area (Å²) in [7, 11) is 0. The monoisotopic (exact) mass is 297 g/mol. The molecule has 2 aromatic rings. The molecule has 1 aromatic carbocycles. The summed E-state index contributed by atoms with van der Waals surface area (Å²) < 4.78 is 0. The summed E-state index contributed by atoms with van der Waals surface area (Å²) in [6.07, 6.45) is 9.15. The lowest BCUT2D eigenvalue weighted by molar-refractivity contribution is -0.141. The van der Waals surface area contributed by atoms with Gasteiger partial charge in [0.15, 0.2) is 0 Å². The van der Waals surface area contributed by atoms with Gasteiger partial charge < -0.3 is 15.2 Å². The summed E-state index contributed by atoms with van der Waals surface area (Å²) in [5.41, 5.74) is -1.10. The number of benzene rings is 1. The molecule has 3 rings (SSSR count). The number of Topliss-reactive ketones (excluding diaryl/α,β-unsaturated/α-hetero) is 1. The van der Waals surface area contributed by atoms with Crippen LogP contribution in [0, 0.1) is 0 Å². The van der Waals surface area contributed by atoms with Crippen molar-refractivity contribution in [2.24, 2.45) is 0 Å². The fraction of sp³-hybridized carbons (Fsp3) is 0.167. The highest BCUT2D eigenvalue weighted by atomic mass is 16.3. The lowest BCUT2D eigenvalue weighted by Gasteiger charge is -2.26. The molecule has 0 amide bonds. The van der Waals surface area contributed by atoms with Crippen LogP contribution >= 0.6 is 0 Å². The molecule has 22 heavy (non-hydrogen) atoms. The van der Waals surface area contributed by atoms with Gasteiger partial charge in [-0.2, -0.15) is 0 Å². The van der Waals surface area contributed by atoms with E-state index in [0.29, 0.717) is 5.56 Å². The standard InChI is InChI=1S/C14H14O3.C4H5N/c15-12(11-7-3-1-4-8-11)13(16)14(17)9-5-2-6-10-14;1-2-4-5-3-1/h1-9,12,15,17H,10H2;1-5H. The number of carbonyl (C=O) groups excluding carboxylic acids is 1. The SMILES string of the molecule is O=C(C(O)c1ccccc1)C1(O)C=CC=CC1.c1cc[nH]c1. The molecule has 2 atom stereocenters. The minimum Gasteiger partial charge on any atom is -0.380 e. The van der Waals surface area contributed by atoms with Crippen molar-refractivity contribution in [1.29, 1.82) is 0 Å². The third-order valence-corrected chi connectivity index (χ3v) is 3.33. The Morgan fingerprint density at radius 2 is 1.77 bits per heavy atom. The second-order valence-electron chi connectivity index (χ2n) is 4.98. The third-order valence-electron chi connectivity index (χ3n) is 3.33. The van der Waals surface area contributed by atoms with Crippen LogP contribution < -0.4 is 0 Å². The maximum Gasteiger partial charge on any atom is 0.201 e. The third kappa shape index (κ3) is 4.04. The van der Waals surface area contributed by atoms with Crippen LogP contribution in [0.4, 0.5) is 0 Å². The zero-order valence-electron chi connectivity index (χ0n) is 12.1. The number of ketones is 1. The average molecular weight is 297 g/mol. The van der Waals surface area contributed by atoms with Gasteiger partial charge in [-0.25, -0.2) is 0 Å². The van der Waals surface area contributed by atoms with Crippen molar-refractivity contribution in [1.82, 2.24) is 4.98 Å². The van der Waals surface area contributed by atoms with E-state index in [1.165, 1.54) is 6.08 Å². The average Bonchev–Trinajstić information content (AvgIpc) is 3.15. The van der Waals surface area contributed by atoms with E-state index < -0.39 is 17.5 Å². The van der Waals surface area contributed by atoms with Crippen molar-refractivity contribution in [2.75, 3.05) is 0 Å². The van der Waals surface area contributed by atoms with E-state index in [1.807, 2.05) is 24.5 Å². The minimum atomic E-state index is -1.59. The first kappa shape index (κ1) is 15.9. The number of aromatic amines is 1. The van der Waals surface area contributed by atoms with E-state index in [1.54, 1.807) is 48.6 Å². The molecule has 0 saturated heterocycles. The second kappa shape index (κ2) is 7.54. The number of carbonyl (C=O) groups is 1. The predicted molar refractivity (Wildman–Crippen MR) is 85.0 cm³/mol. The first-order valence-corrected chi connectivity index (χ1v) is 7.05. The molecule has 1 aromatic heterocycles. The Hall–Kier alpha value is -2.43. The highest BCUT2D eigenvalue weighted by Crippen LogP contribution is 2.26. The number of allylic oxidation sites excluding steroid dienone is 2. The highest BCUT2D eigenvalue weighted by molar-refractivity contribution is 5.94. The van der Waals surface area contributed by atoms with Gasteiger partial charge in [-0.05, 0) is 23.8 Å². The van der Waals surface area contributed by atoms with Gasteiger partial charge in [-0.3, -0.25) is 4.79 Å². The fourth-order valence-electron chi connectivity index (χ4n) is 2.09. The van der Waals surface area contributed by atoms with E-state index in [2.05, 4.69) is 4.98 Å². The van der Waals surface area contributed by atoms with Crippen LogP contribution in [-0.4, -0.2) is 26.6 Å². The number of H-pyrrole nitrogens is 1. The normalized spacial score (nSPS) is 20.8. The molecule has 114 valence electrons. The molecule has 0 fully saturated rings. The van der Waals surface area contributed by atoms with Crippen LogP contribution in [-0.2, 0) is 4.79 Å². The number of aliphatic hydroxyl groups excluding tert-OH is 1. The molecule has 0 aliphatic heterocycles. The van der Waals surface area contributed by atoms with Gasteiger partial charge in [-0.1, -0.05) is 48.6 Å². The Kier molecular flexibility index (Phi) is 5.47. The largest absolute Gasteiger partial charge is 0.380 e. The summed E-state index contributed by atoms with van der Waals surface area (Å²) in [6, 6.07) is 12.5. The summed E-state index contributed by atoms with van der Waals surface area (Å²) in [6.45, 7) is 0. The van der Waals surface area contributed by atoms with Gasteiger partial charge in [0.25, 0.3) is 0 Å². The highest BCUT2D eigenvalue weighted by Gasteiger charge is 2.37. The topological polar surface area (TPSA) is 73.3 Å². The van der Waals surface area contributed by atoms with Crippen LogP contribution in [0.1, 0.15) is 18.1 Å². The Labute approximate surface area is 129 Å². The van der Waals surface area contributed by atoms with Gasteiger partial charge >= 0.3 is 0 Å². The molecule has 0 saturated carbocycles. The number of aliphatic hydroxyl groups is 2. The maximum absolute atomic E-state index is 12.0. The molecule has 0 radical (unpaired) electrons. The predicted octanol–water partition coefficient (Wildman–Crippen LogP) is 2.55. The number of rotatable bonds is 3. The number of hydrogen-bond donors (Lipinski definition) is 3. The van der Waals surface area contributed by atoms with E-state index in [4.69, 9.17) is 0 Å². The molecule has 4 heteroatoms. The Balaban J connectivity index is 0.000000299.